The van der Waals surface area contributed by atoms with Crippen molar-refractivity contribution >= 4 is 5.97 Å². The van der Waals surface area contributed by atoms with Crippen molar-refractivity contribution in [3.05, 3.63) is 0 Å². The van der Waals surface area contributed by atoms with E-state index in [1.807, 2.05) is 0 Å². The molecule has 0 aliphatic carbocycles. The first-order valence-corrected chi connectivity index (χ1v) is 6.65. The molecule has 0 rings (SSSR count). The molecular weight excluding hydrogens is 230 g/mol. The second kappa shape index (κ2) is 8.45. The van der Waals surface area contributed by atoms with E-state index in [1.54, 1.807) is 14.0 Å². The highest BCUT2D eigenvalue weighted by atomic mass is 16.4. The van der Waals surface area contributed by atoms with Crippen LogP contribution in [0, 0.1) is 0 Å². The van der Waals surface area contributed by atoms with Gasteiger partial charge >= 0.3 is 5.97 Å². The van der Waals surface area contributed by atoms with Gasteiger partial charge in [-0.25, -0.2) is 0 Å². The molecule has 0 radical (unpaired) electrons. The summed E-state index contributed by atoms with van der Waals surface area (Å²) in [5, 5.41) is 12.1. The molecule has 0 aromatic heterocycles. The van der Waals surface area contributed by atoms with Crippen molar-refractivity contribution in [3.8, 4) is 0 Å². The fourth-order valence-corrected chi connectivity index (χ4v) is 1.71. The molecule has 0 heterocycles. The van der Waals surface area contributed by atoms with Crippen LogP contribution < -0.4 is 5.32 Å². The number of likely N-dealkylation sites (N-methyl/N-ethyl adjacent to an activating group) is 2. The fourth-order valence-electron chi connectivity index (χ4n) is 1.71. The highest BCUT2D eigenvalue weighted by Crippen LogP contribution is 2.10. The number of rotatable bonds is 10. The van der Waals surface area contributed by atoms with E-state index >= 15 is 0 Å². The van der Waals surface area contributed by atoms with Gasteiger partial charge in [0.05, 0.1) is 0 Å². The van der Waals surface area contributed by atoms with Crippen LogP contribution in [0.5, 0.6) is 0 Å². The third kappa shape index (κ3) is 6.33. The van der Waals surface area contributed by atoms with E-state index in [9.17, 15) is 9.90 Å². The topological polar surface area (TPSA) is 55.8 Å². The summed E-state index contributed by atoms with van der Waals surface area (Å²) in [7, 11) is 5.82. The average molecular weight is 259 g/mol. The molecule has 0 aromatic rings. The molecule has 1 atom stereocenters. The number of carboxylic acids is 1. The van der Waals surface area contributed by atoms with E-state index in [4.69, 9.17) is 0 Å². The number of nitrogens with one attached hydrogen (secondary N) is 1. The van der Waals surface area contributed by atoms with Crippen molar-refractivity contribution in [3.63, 3.8) is 0 Å². The average Bonchev–Trinajstić information content (AvgIpc) is 2.31. The molecule has 0 saturated carbocycles. The van der Waals surface area contributed by atoms with Gasteiger partial charge in [-0.2, -0.15) is 0 Å². The molecule has 0 aliphatic heterocycles. The van der Waals surface area contributed by atoms with Crippen molar-refractivity contribution in [2.45, 2.75) is 32.2 Å². The van der Waals surface area contributed by atoms with Crippen molar-refractivity contribution in [1.82, 2.24) is 15.1 Å². The van der Waals surface area contributed by atoms with Crippen LogP contribution in [0.1, 0.15) is 26.7 Å². The SMILES string of the molecule is CCCN(CCN(C)C)CCC(C)(NC)C(=O)O. The molecule has 0 spiro atoms. The summed E-state index contributed by atoms with van der Waals surface area (Å²) in [6, 6.07) is 0. The number of nitrogens with zero attached hydrogens (tertiary/aromatic N) is 2. The minimum Gasteiger partial charge on any atom is -0.480 e. The van der Waals surface area contributed by atoms with Gasteiger partial charge in [0.1, 0.15) is 5.54 Å². The Labute approximate surface area is 111 Å². The molecule has 5 nitrogen and oxygen atoms in total. The van der Waals surface area contributed by atoms with Crippen molar-refractivity contribution in [1.29, 1.82) is 0 Å². The Morgan fingerprint density at radius 2 is 1.83 bits per heavy atom. The van der Waals surface area contributed by atoms with Crippen molar-refractivity contribution < 1.29 is 9.90 Å². The molecule has 108 valence electrons. The first kappa shape index (κ1) is 17.4. The normalized spacial score (nSPS) is 15.1. The van der Waals surface area contributed by atoms with E-state index in [0.717, 1.165) is 32.6 Å². The monoisotopic (exact) mass is 259 g/mol. The highest BCUT2D eigenvalue weighted by Gasteiger charge is 2.31. The van der Waals surface area contributed by atoms with Gasteiger partial charge in [0.25, 0.3) is 0 Å². The largest absolute Gasteiger partial charge is 0.480 e. The summed E-state index contributed by atoms with van der Waals surface area (Å²) >= 11 is 0. The van der Waals surface area contributed by atoms with Gasteiger partial charge < -0.3 is 20.2 Å². The fraction of sp³-hybridized carbons (Fsp3) is 0.923. The molecule has 0 saturated heterocycles. The van der Waals surface area contributed by atoms with E-state index in [-0.39, 0.29) is 0 Å². The lowest BCUT2D eigenvalue weighted by molar-refractivity contribution is -0.144. The Balaban J connectivity index is 4.27. The highest BCUT2D eigenvalue weighted by molar-refractivity contribution is 5.78. The second-order valence-corrected chi connectivity index (χ2v) is 5.28. The van der Waals surface area contributed by atoms with Gasteiger partial charge in [0, 0.05) is 19.6 Å². The quantitative estimate of drug-likeness (QED) is 0.605. The molecule has 0 amide bonds. The van der Waals surface area contributed by atoms with Crippen LogP contribution in [0.4, 0.5) is 0 Å². The van der Waals surface area contributed by atoms with E-state index in [2.05, 4.69) is 36.1 Å². The van der Waals surface area contributed by atoms with Crippen molar-refractivity contribution in [2.75, 3.05) is 47.3 Å². The standard InChI is InChI=1S/C13H29N3O2/c1-6-8-16(11-10-15(4)5)9-7-13(2,14-3)12(17)18/h14H,6-11H2,1-5H3,(H,17,18). The first-order valence-electron chi connectivity index (χ1n) is 6.65. The molecule has 5 heteroatoms. The predicted octanol–water partition coefficient (Wildman–Crippen LogP) is 0.713. The van der Waals surface area contributed by atoms with Crippen LogP contribution in [-0.2, 0) is 4.79 Å². The smallest absolute Gasteiger partial charge is 0.323 e. The Bertz CT molecular complexity index is 246. The molecule has 18 heavy (non-hydrogen) atoms. The van der Waals surface area contributed by atoms with Crippen LogP contribution in [0.3, 0.4) is 0 Å². The Morgan fingerprint density at radius 1 is 1.22 bits per heavy atom. The van der Waals surface area contributed by atoms with E-state index < -0.39 is 11.5 Å². The minimum atomic E-state index is -0.829. The molecule has 1 unspecified atom stereocenters. The maximum atomic E-state index is 11.2. The van der Waals surface area contributed by atoms with E-state index in [0.29, 0.717) is 6.42 Å². The summed E-state index contributed by atoms with van der Waals surface area (Å²) < 4.78 is 0. The summed E-state index contributed by atoms with van der Waals surface area (Å²) in [4.78, 5) is 15.7. The summed E-state index contributed by atoms with van der Waals surface area (Å²) in [5.74, 6) is -0.783. The molecule has 0 aliphatic rings. The predicted molar refractivity (Wildman–Crippen MR) is 75.0 cm³/mol. The van der Waals surface area contributed by atoms with Gasteiger partial charge in [-0.05, 0) is 47.5 Å². The van der Waals surface area contributed by atoms with Crippen LogP contribution in [0.15, 0.2) is 0 Å². The molecular formula is C13H29N3O2. The third-order valence-electron chi connectivity index (χ3n) is 3.36. The summed E-state index contributed by atoms with van der Waals surface area (Å²) in [6.45, 7) is 7.71. The lowest BCUT2D eigenvalue weighted by Gasteiger charge is -2.29. The van der Waals surface area contributed by atoms with Crippen LogP contribution in [0.2, 0.25) is 0 Å². The van der Waals surface area contributed by atoms with Crippen LogP contribution >= 0.6 is 0 Å². The lowest BCUT2D eigenvalue weighted by atomic mass is 9.98. The van der Waals surface area contributed by atoms with E-state index in [1.165, 1.54) is 0 Å². The van der Waals surface area contributed by atoms with Gasteiger partial charge in [-0.1, -0.05) is 6.92 Å². The number of hydrogen-bond acceptors (Lipinski definition) is 4. The second-order valence-electron chi connectivity index (χ2n) is 5.28. The molecule has 0 fully saturated rings. The Kier molecular flexibility index (Phi) is 8.15. The number of carboxylic acid groups (broad SMARTS) is 1. The summed E-state index contributed by atoms with van der Waals surface area (Å²) in [6.07, 6.45) is 1.71. The summed E-state index contributed by atoms with van der Waals surface area (Å²) in [5.41, 5.74) is -0.829. The van der Waals surface area contributed by atoms with Crippen LogP contribution in [-0.4, -0.2) is 73.7 Å². The van der Waals surface area contributed by atoms with Crippen LogP contribution in [0.25, 0.3) is 0 Å². The lowest BCUT2D eigenvalue weighted by Crippen LogP contribution is -2.50. The maximum Gasteiger partial charge on any atom is 0.323 e. The zero-order valence-electron chi connectivity index (χ0n) is 12.5. The number of carbonyl (C=O) groups is 1. The number of hydrogen-bond donors (Lipinski definition) is 2. The van der Waals surface area contributed by atoms with Gasteiger partial charge in [-0.3, -0.25) is 4.79 Å². The Hall–Kier alpha value is -0.650. The maximum absolute atomic E-state index is 11.2. The van der Waals surface area contributed by atoms with Gasteiger partial charge in [0.15, 0.2) is 0 Å². The third-order valence-corrected chi connectivity index (χ3v) is 3.36. The molecule has 0 bridgehead atoms. The van der Waals surface area contributed by atoms with Gasteiger partial charge in [0.2, 0.25) is 0 Å². The molecule has 0 aromatic carbocycles. The molecule has 2 N–H and O–H groups in total. The van der Waals surface area contributed by atoms with Crippen molar-refractivity contribution in [2.24, 2.45) is 0 Å². The zero-order valence-corrected chi connectivity index (χ0v) is 12.5. The zero-order chi connectivity index (χ0) is 14.2. The first-order chi connectivity index (χ1) is 8.35. The number of aliphatic carboxylic acids is 1. The minimum absolute atomic E-state index is 0.617. The Morgan fingerprint density at radius 3 is 2.22 bits per heavy atom. The van der Waals surface area contributed by atoms with Gasteiger partial charge in [-0.15, -0.1) is 0 Å².